The number of imidazole rings is 1. The van der Waals surface area contributed by atoms with Crippen molar-refractivity contribution in [3.63, 3.8) is 0 Å². The lowest BCUT2D eigenvalue weighted by Gasteiger charge is -2.10. The van der Waals surface area contributed by atoms with E-state index in [1.807, 2.05) is 18.2 Å². The van der Waals surface area contributed by atoms with Crippen molar-refractivity contribution >= 4 is 11.0 Å². The summed E-state index contributed by atoms with van der Waals surface area (Å²) in [6.45, 7) is 0. The van der Waals surface area contributed by atoms with Crippen molar-refractivity contribution in [1.29, 1.82) is 0 Å². The Morgan fingerprint density at radius 1 is 1.25 bits per heavy atom. The molecule has 1 heterocycles. The minimum atomic E-state index is -0.210. The van der Waals surface area contributed by atoms with E-state index >= 15 is 0 Å². The maximum Gasteiger partial charge on any atom is 0.112 e. The summed E-state index contributed by atoms with van der Waals surface area (Å²) in [4.78, 5) is 4.68. The number of para-hydroxylation sites is 2. The van der Waals surface area contributed by atoms with E-state index in [2.05, 4.69) is 22.7 Å². The van der Waals surface area contributed by atoms with Crippen LogP contribution >= 0.6 is 0 Å². The van der Waals surface area contributed by atoms with Crippen molar-refractivity contribution in [3.05, 3.63) is 30.1 Å². The van der Waals surface area contributed by atoms with Crippen molar-refractivity contribution in [2.75, 3.05) is 0 Å². The summed E-state index contributed by atoms with van der Waals surface area (Å²) >= 11 is 0. The van der Waals surface area contributed by atoms with Crippen molar-refractivity contribution in [3.8, 4) is 0 Å². The van der Waals surface area contributed by atoms with Crippen molar-refractivity contribution < 1.29 is 5.11 Å². The summed E-state index contributed by atoms with van der Waals surface area (Å²) < 4.78 is 2.13. The molecule has 0 saturated heterocycles. The third-order valence-electron chi connectivity index (χ3n) is 5.44. The number of rotatable bonds is 3. The molecule has 3 atom stereocenters. The van der Waals surface area contributed by atoms with E-state index in [0.29, 0.717) is 12.3 Å². The summed E-state index contributed by atoms with van der Waals surface area (Å²) in [5, 5.41) is 10.6. The molecule has 4 rings (SSSR count). The Hall–Kier alpha value is -1.35. The highest BCUT2D eigenvalue weighted by atomic mass is 16.3. The molecule has 20 heavy (non-hydrogen) atoms. The van der Waals surface area contributed by atoms with Gasteiger partial charge in [0.15, 0.2) is 0 Å². The fourth-order valence-electron chi connectivity index (χ4n) is 4.32. The lowest BCUT2D eigenvalue weighted by Crippen LogP contribution is -2.17. The number of benzene rings is 1. The quantitative estimate of drug-likeness (QED) is 0.931. The molecule has 0 amide bonds. The van der Waals surface area contributed by atoms with E-state index in [4.69, 9.17) is 0 Å². The molecule has 3 nitrogen and oxygen atoms in total. The van der Waals surface area contributed by atoms with Gasteiger partial charge in [-0.2, -0.15) is 0 Å². The lowest BCUT2D eigenvalue weighted by atomic mass is 10.0. The summed E-state index contributed by atoms with van der Waals surface area (Å²) in [5.41, 5.74) is 2.19. The number of aliphatic hydroxyl groups excluding tert-OH is 1. The number of hydrogen-bond acceptors (Lipinski definition) is 2. The van der Waals surface area contributed by atoms with Crippen LogP contribution in [-0.4, -0.2) is 20.8 Å². The molecule has 3 heteroatoms. The molecular formula is C17H22N2O. The van der Waals surface area contributed by atoms with Crippen LogP contribution in [0.1, 0.15) is 31.5 Å². The molecule has 0 aliphatic heterocycles. The molecule has 1 N–H and O–H groups in total. The average Bonchev–Trinajstić information content (AvgIpc) is 3.13. The van der Waals surface area contributed by atoms with Crippen LogP contribution in [-0.2, 0) is 13.5 Å². The Kier molecular flexibility index (Phi) is 2.84. The van der Waals surface area contributed by atoms with Crippen LogP contribution in [0.4, 0.5) is 0 Å². The second-order valence-corrected chi connectivity index (χ2v) is 6.54. The molecule has 2 aromatic rings. The number of aliphatic hydroxyl groups is 1. The molecule has 0 spiro atoms. The summed E-state index contributed by atoms with van der Waals surface area (Å²) in [7, 11) is 2.05. The zero-order chi connectivity index (χ0) is 13.7. The maximum atomic E-state index is 10.6. The first-order valence-electron chi connectivity index (χ1n) is 7.84. The summed E-state index contributed by atoms with van der Waals surface area (Å²) in [6, 6.07) is 8.20. The van der Waals surface area contributed by atoms with E-state index < -0.39 is 0 Å². The van der Waals surface area contributed by atoms with Gasteiger partial charge in [-0.3, -0.25) is 0 Å². The molecule has 3 unspecified atom stereocenters. The minimum Gasteiger partial charge on any atom is -0.392 e. The highest BCUT2D eigenvalue weighted by Crippen LogP contribution is 2.57. The molecule has 2 aliphatic rings. The molecule has 106 valence electrons. The standard InChI is InChI=1S/C17H22N2O/c1-19-14-9-5-4-8-13(14)18-16(19)10-15(20)17-11-6-2-3-7-12(11)17/h4-5,8-9,11-12,15,17,20H,2-3,6-7,10H2,1H3. The summed E-state index contributed by atoms with van der Waals surface area (Å²) in [6.07, 6.45) is 5.86. The van der Waals surface area contributed by atoms with E-state index in [0.717, 1.165) is 28.7 Å². The SMILES string of the molecule is Cn1c(CC(O)C2C3CCCCC32)nc2ccccc21. The molecule has 2 aliphatic carbocycles. The van der Waals surface area contributed by atoms with Gasteiger partial charge in [0.05, 0.1) is 17.1 Å². The van der Waals surface area contributed by atoms with Gasteiger partial charge in [0.2, 0.25) is 0 Å². The predicted octanol–water partition coefficient (Wildman–Crippen LogP) is 2.91. The number of nitrogens with zero attached hydrogens (tertiary/aromatic N) is 2. The highest BCUT2D eigenvalue weighted by molar-refractivity contribution is 5.75. The first-order valence-corrected chi connectivity index (χ1v) is 7.84. The number of fused-ring (bicyclic) bond motifs is 2. The Balaban J connectivity index is 1.54. The van der Waals surface area contributed by atoms with Crippen LogP contribution in [0.2, 0.25) is 0 Å². The van der Waals surface area contributed by atoms with Crippen molar-refractivity contribution in [1.82, 2.24) is 9.55 Å². The van der Waals surface area contributed by atoms with Gasteiger partial charge in [-0.15, -0.1) is 0 Å². The molecule has 0 bridgehead atoms. The Morgan fingerprint density at radius 2 is 1.95 bits per heavy atom. The van der Waals surface area contributed by atoms with Crippen LogP contribution in [0.25, 0.3) is 11.0 Å². The first-order chi connectivity index (χ1) is 9.75. The van der Waals surface area contributed by atoms with Gasteiger partial charge in [-0.05, 0) is 42.7 Å². The van der Waals surface area contributed by atoms with Gasteiger partial charge >= 0.3 is 0 Å². The topological polar surface area (TPSA) is 38.0 Å². The van der Waals surface area contributed by atoms with Gasteiger partial charge in [0.1, 0.15) is 5.82 Å². The zero-order valence-electron chi connectivity index (χ0n) is 12.0. The van der Waals surface area contributed by atoms with Crippen LogP contribution in [0, 0.1) is 17.8 Å². The van der Waals surface area contributed by atoms with Crippen LogP contribution in [0.15, 0.2) is 24.3 Å². The third kappa shape index (κ3) is 1.87. The smallest absolute Gasteiger partial charge is 0.112 e. The molecule has 2 saturated carbocycles. The number of aryl methyl sites for hydroxylation is 1. The van der Waals surface area contributed by atoms with Crippen molar-refractivity contribution in [2.45, 2.75) is 38.2 Å². The Morgan fingerprint density at radius 3 is 2.65 bits per heavy atom. The van der Waals surface area contributed by atoms with Gasteiger partial charge < -0.3 is 9.67 Å². The first kappa shape index (κ1) is 12.4. The second-order valence-electron chi connectivity index (χ2n) is 6.54. The average molecular weight is 270 g/mol. The molecule has 1 aromatic carbocycles. The van der Waals surface area contributed by atoms with E-state index in [1.165, 1.54) is 25.7 Å². The van der Waals surface area contributed by atoms with Gasteiger partial charge in [0, 0.05) is 13.5 Å². The normalized spacial score (nSPS) is 30.2. The van der Waals surface area contributed by atoms with Gasteiger partial charge in [-0.1, -0.05) is 25.0 Å². The van der Waals surface area contributed by atoms with Gasteiger partial charge in [-0.25, -0.2) is 4.98 Å². The monoisotopic (exact) mass is 270 g/mol. The largest absolute Gasteiger partial charge is 0.392 e. The van der Waals surface area contributed by atoms with Crippen molar-refractivity contribution in [2.24, 2.45) is 24.8 Å². The predicted molar refractivity (Wildman–Crippen MR) is 79.4 cm³/mol. The second kappa shape index (κ2) is 4.59. The van der Waals surface area contributed by atoms with Gasteiger partial charge in [0.25, 0.3) is 0 Å². The fraction of sp³-hybridized carbons (Fsp3) is 0.588. The molecule has 1 aromatic heterocycles. The van der Waals surface area contributed by atoms with Crippen LogP contribution in [0.3, 0.4) is 0 Å². The van der Waals surface area contributed by atoms with E-state index in [1.54, 1.807) is 0 Å². The third-order valence-corrected chi connectivity index (χ3v) is 5.44. The number of aromatic nitrogens is 2. The fourth-order valence-corrected chi connectivity index (χ4v) is 4.32. The zero-order valence-corrected chi connectivity index (χ0v) is 12.0. The van der Waals surface area contributed by atoms with Crippen LogP contribution < -0.4 is 0 Å². The summed E-state index contributed by atoms with van der Waals surface area (Å²) in [5.74, 6) is 3.15. The molecular weight excluding hydrogens is 248 g/mol. The highest BCUT2D eigenvalue weighted by Gasteiger charge is 2.53. The van der Waals surface area contributed by atoms with E-state index in [-0.39, 0.29) is 6.10 Å². The molecule has 2 fully saturated rings. The lowest BCUT2D eigenvalue weighted by molar-refractivity contribution is 0.137. The van der Waals surface area contributed by atoms with E-state index in [9.17, 15) is 5.11 Å². The van der Waals surface area contributed by atoms with Crippen LogP contribution in [0.5, 0.6) is 0 Å². The number of hydrogen-bond donors (Lipinski definition) is 1. The maximum absolute atomic E-state index is 10.6. The molecule has 0 radical (unpaired) electrons. The Bertz CT molecular complexity index is 621. The minimum absolute atomic E-state index is 0.210. The Labute approximate surface area is 119 Å².